The summed E-state index contributed by atoms with van der Waals surface area (Å²) in [7, 11) is 0. The summed E-state index contributed by atoms with van der Waals surface area (Å²) in [4.78, 5) is 3.90. The molecule has 2 nitrogen and oxygen atoms in total. The lowest BCUT2D eigenvalue weighted by molar-refractivity contribution is -0.137. The van der Waals surface area contributed by atoms with Crippen molar-refractivity contribution in [2.75, 3.05) is 11.9 Å². The number of halogens is 4. The maximum atomic E-state index is 12.7. The van der Waals surface area contributed by atoms with E-state index in [0.29, 0.717) is 18.7 Å². The molecule has 1 N–H and O–H groups in total. The number of pyridine rings is 1. The van der Waals surface area contributed by atoms with Gasteiger partial charge >= 0.3 is 6.18 Å². The SMILES string of the molecule is FC(F)(F)c1cc(NCCc2ccncc2)ccc1Cl. The van der Waals surface area contributed by atoms with Crippen LogP contribution in [0.3, 0.4) is 0 Å². The standard InChI is InChI=1S/C14H12ClF3N2/c15-13-2-1-11(9-12(13)14(16,17)18)20-8-5-10-3-6-19-7-4-10/h1-4,6-7,9,20H,5,8H2. The first-order valence-corrected chi connectivity index (χ1v) is 6.34. The van der Waals surface area contributed by atoms with Crippen molar-refractivity contribution >= 4 is 17.3 Å². The molecule has 0 radical (unpaired) electrons. The average Bonchev–Trinajstić information content (AvgIpc) is 2.40. The maximum Gasteiger partial charge on any atom is 0.417 e. The van der Waals surface area contributed by atoms with Gasteiger partial charge in [-0.3, -0.25) is 4.98 Å². The molecule has 1 heterocycles. The highest BCUT2D eigenvalue weighted by Crippen LogP contribution is 2.36. The Hall–Kier alpha value is -1.75. The topological polar surface area (TPSA) is 24.9 Å². The molecule has 0 atom stereocenters. The fourth-order valence-electron chi connectivity index (χ4n) is 1.75. The van der Waals surface area contributed by atoms with Crippen molar-refractivity contribution in [3.05, 3.63) is 58.9 Å². The molecule has 2 aromatic rings. The highest BCUT2D eigenvalue weighted by molar-refractivity contribution is 6.31. The lowest BCUT2D eigenvalue weighted by atomic mass is 10.1. The number of alkyl halides is 3. The first kappa shape index (κ1) is 14.7. The van der Waals surface area contributed by atoms with Crippen molar-refractivity contribution < 1.29 is 13.2 Å². The average molecular weight is 301 g/mol. The van der Waals surface area contributed by atoms with Gasteiger partial charge in [-0.2, -0.15) is 13.2 Å². The minimum atomic E-state index is -4.44. The van der Waals surface area contributed by atoms with E-state index < -0.39 is 11.7 Å². The summed E-state index contributed by atoms with van der Waals surface area (Å²) in [6, 6.07) is 7.54. The molecule has 2 rings (SSSR count). The summed E-state index contributed by atoms with van der Waals surface area (Å²) >= 11 is 5.56. The van der Waals surface area contributed by atoms with Crippen LogP contribution in [0, 0.1) is 0 Å². The molecule has 20 heavy (non-hydrogen) atoms. The van der Waals surface area contributed by atoms with Gasteiger partial charge in [-0.05, 0) is 42.3 Å². The van der Waals surface area contributed by atoms with Gasteiger partial charge in [0.1, 0.15) is 0 Å². The Kier molecular flexibility index (Phi) is 4.49. The second-order valence-electron chi connectivity index (χ2n) is 4.22. The number of nitrogens with one attached hydrogen (secondary N) is 1. The second-order valence-corrected chi connectivity index (χ2v) is 4.63. The summed E-state index contributed by atoms with van der Waals surface area (Å²) in [5.41, 5.74) is 0.640. The normalized spacial score (nSPS) is 11.4. The fourth-order valence-corrected chi connectivity index (χ4v) is 1.98. The van der Waals surface area contributed by atoms with Gasteiger partial charge in [0.25, 0.3) is 0 Å². The molecule has 0 spiro atoms. The van der Waals surface area contributed by atoms with Crippen LogP contribution < -0.4 is 5.32 Å². The molecule has 0 aliphatic rings. The zero-order chi connectivity index (χ0) is 14.6. The van der Waals surface area contributed by atoms with Gasteiger partial charge < -0.3 is 5.32 Å². The van der Waals surface area contributed by atoms with E-state index in [1.807, 2.05) is 12.1 Å². The number of aromatic nitrogens is 1. The third-order valence-corrected chi connectivity index (χ3v) is 3.09. The molecule has 1 aromatic carbocycles. The van der Waals surface area contributed by atoms with Gasteiger partial charge in [0.05, 0.1) is 10.6 Å². The highest BCUT2D eigenvalue weighted by atomic mass is 35.5. The summed E-state index contributed by atoms with van der Waals surface area (Å²) in [5.74, 6) is 0. The molecule has 0 amide bonds. The third kappa shape index (κ3) is 3.87. The van der Waals surface area contributed by atoms with Crippen molar-refractivity contribution in [1.29, 1.82) is 0 Å². The predicted molar refractivity (Wildman–Crippen MR) is 72.9 cm³/mol. The van der Waals surface area contributed by atoms with Crippen LogP contribution in [0.25, 0.3) is 0 Å². The van der Waals surface area contributed by atoms with Crippen molar-refractivity contribution in [1.82, 2.24) is 4.98 Å². The first-order valence-electron chi connectivity index (χ1n) is 5.96. The summed E-state index contributed by atoms with van der Waals surface area (Å²) in [6.07, 6.45) is -0.384. The van der Waals surface area contributed by atoms with Gasteiger partial charge in [0.15, 0.2) is 0 Å². The minimum Gasteiger partial charge on any atom is -0.385 e. The van der Waals surface area contributed by atoms with Gasteiger partial charge in [-0.25, -0.2) is 0 Å². The van der Waals surface area contributed by atoms with E-state index in [1.54, 1.807) is 12.4 Å². The zero-order valence-electron chi connectivity index (χ0n) is 10.4. The Balaban J connectivity index is 2.00. The van der Waals surface area contributed by atoms with Crippen molar-refractivity contribution in [2.24, 2.45) is 0 Å². The molecule has 0 saturated carbocycles. The van der Waals surface area contributed by atoms with Crippen molar-refractivity contribution in [3.8, 4) is 0 Å². The monoisotopic (exact) mass is 300 g/mol. The lowest BCUT2D eigenvalue weighted by Gasteiger charge is -2.12. The van der Waals surface area contributed by atoms with Crippen LogP contribution >= 0.6 is 11.6 Å². The van der Waals surface area contributed by atoms with E-state index in [0.717, 1.165) is 11.6 Å². The van der Waals surface area contributed by atoms with E-state index in [9.17, 15) is 13.2 Å². The maximum absolute atomic E-state index is 12.7. The summed E-state index contributed by atoms with van der Waals surface area (Å²) < 4.78 is 38.1. The molecule has 0 aliphatic carbocycles. The van der Waals surface area contributed by atoms with Crippen molar-refractivity contribution in [3.63, 3.8) is 0 Å². The number of rotatable bonds is 4. The molecule has 0 aliphatic heterocycles. The van der Waals surface area contributed by atoms with Gasteiger partial charge in [0, 0.05) is 24.6 Å². The van der Waals surface area contributed by atoms with Gasteiger partial charge in [0.2, 0.25) is 0 Å². The predicted octanol–water partition coefficient (Wildman–Crippen LogP) is 4.41. The molecule has 0 unspecified atom stereocenters. The smallest absolute Gasteiger partial charge is 0.385 e. The van der Waals surface area contributed by atoms with E-state index in [-0.39, 0.29) is 5.02 Å². The minimum absolute atomic E-state index is 0.294. The Morgan fingerprint density at radius 3 is 2.45 bits per heavy atom. The van der Waals surface area contributed by atoms with Crippen LogP contribution in [0.1, 0.15) is 11.1 Å². The lowest BCUT2D eigenvalue weighted by Crippen LogP contribution is -2.09. The van der Waals surface area contributed by atoms with Crippen LogP contribution in [-0.2, 0) is 12.6 Å². The van der Waals surface area contributed by atoms with E-state index >= 15 is 0 Å². The van der Waals surface area contributed by atoms with Crippen LogP contribution in [0.15, 0.2) is 42.7 Å². The Morgan fingerprint density at radius 2 is 1.80 bits per heavy atom. The largest absolute Gasteiger partial charge is 0.417 e. The highest BCUT2D eigenvalue weighted by Gasteiger charge is 2.33. The molecule has 0 bridgehead atoms. The van der Waals surface area contributed by atoms with E-state index in [2.05, 4.69) is 10.3 Å². The number of benzene rings is 1. The molecule has 0 saturated heterocycles. The summed E-state index contributed by atoms with van der Waals surface area (Å²) in [5, 5.41) is 2.66. The summed E-state index contributed by atoms with van der Waals surface area (Å²) in [6.45, 7) is 0.531. The Bertz CT molecular complexity index is 570. The second kappa shape index (κ2) is 6.13. The van der Waals surface area contributed by atoms with Crippen LogP contribution in [0.4, 0.5) is 18.9 Å². The molecular weight excluding hydrogens is 289 g/mol. The number of anilines is 1. The number of hydrogen-bond donors (Lipinski definition) is 1. The molecule has 6 heteroatoms. The third-order valence-electron chi connectivity index (χ3n) is 2.76. The van der Waals surface area contributed by atoms with Gasteiger partial charge in [-0.1, -0.05) is 11.6 Å². The fraction of sp³-hybridized carbons (Fsp3) is 0.214. The van der Waals surface area contributed by atoms with Crippen LogP contribution in [0.5, 0.6) is 0 Å². The molecular formula is C14H12ClF3N2. The van der Waals surface area contributed by atoms with E-state index in [1.165, 1.54) is 12.1 Å². The Labute approximate surface area is 119 Å². The van der Waals surface area contributed by atoms with E-state index in [4.69, 9.17) is 11.6 Å². The number of nitrogens with zero attached hydrogens (tertiary/aromatic N) is 1. The van der Waals surface area contributed by atoms with Crippen molar-refractivity contribution in [2.45, 2.75) is 12.6 Å². The van der Waals surface area contributed by atoms with Crippen LogP contribution in [0.2, 0.25) is 5.02 Å². The Morgan fingerprint density at radius 1 is 1.10 bits per heavy atom. The first-order chi connectivity index (χ1) is 9.47. The van der Waals surface area contributed by atoms with Crippen LogP contribution in [-0.4, -0.2) is 11.5 Å². The molecule has 0 fully saturated rings. The number of hydrogen-bond acceptors (Lipinski definition) is 2. The molecule has 1 aromatic heterocycles. The molecule has 106 valence electrons. The zero-order valence-corrected chi connectivity index (χ0v) is 11.2. The van der Waals surface area contributed by atoms with Gasteiger partial charge in [-0.15, -0.1) is 0 Å². The quantitative estimate of drug-likeness (QED) is 0.905.